The van der Waals surface area contributed by atoms with Gasteiger partial charge in [0.15, 0.2) is 0 Å². The average molecular weight is 241 g/mol. The van der Waals surface area contributed by atoms with Gasteiger partial charge in [0.1, 0.15) is 11.3 Å². The van der Waals surface area contributed by atoms with Crippen molar-refractivity contribution in [3.63, 3.8) is 0 Å². The number of hydrogen-bond donors (Lipinski definition) is 1. The highest BCUT2D eigenvalue weighted by Gasteiger charge is 2.16. The van der Waals surface area contributed by atoms with E-state index in [-0.39, 0.29) is 6.42 Å². The third kappa shape index (κ3) is 1.72. The molecule has 0 spiro atoms. The fourth-order valence-electron chi connectivity index (χ4n) is 1.62. The van der Waals surface area contributed by atoms with Gasteiger partial charge >= 0.3 is 5.97 Å². The normalized spacial score (nSPS) is 10.6. The number of ether oxygens (including phenoxy) is 1. The molecule has 0 aliphatic carbocycles. The van der Waals surface area contributed by atoms with Crippen LogP contribution in [0.15, 0.2) is 22.8 Å². The summed E-state index contributed by atoms with van der Waals surface area (Å²) in [6.45, 7) is 0. The van der Waals surface area contributed by atoms with E-state index in [1.165, 1.54) is 13.4 Å². The summed E-state index contributed by atoms with van der Waals surface area (Å²) in [6.07, 6.45) is 1.35. The van der Waals surface area contributed by atoms with Crippen molar-refractivity contribution in [3.8, 4) is 5.75 Å². The lowest BCUT2D eigenvalue weighted by atomic mass is 10.1. The predicted octanol–water partition coefficient (Wildman–Crippen LogP) is 2.72. The first kappa shape index (κ1) is 10.8. The van der Waals surface area contributed by atoms with Crippen LogP contribution in [0.3, 0.4) is 0 Å². The number of methoxy groups -OCH3 is 1. The minimum atomic E-state index is -0.944. The van der Waals surface area contributed by atoms with Crippen molar-refractivity contribution in [3.05, 3.63) is 29.0 Å². The van der Waals surface area contributed by atoms with Crippen LogP contribution in [0.5, 0.6) is 5.75 Å². The average Bonchev–Trinajstić information content (AvgIpc) is 2.65. The SMILES string of the molecule is COc1c(CC(=O)O)cc2occc2c1Cl. The maximum absolute atomic E-state index is 10.7. The lowest BCUT2D eigenvalue weighted by Gasteiger charge is -2.09. The van der Waals surface area contributed by atoms with Gasteiger partial charge < -0.3 is 14.3 Å². The molecule has 0 saturated heterocycles. The summed E-state index contributed by atoms with van der Waals surface area (Å²) in [4.78, 5) is 10.7. The van der Waals surface area contributed by atoms with Crippen LogP contribution >= 0.6 is 11.6 Å². The first-order valence-corrected chi connectivity index (χ1v) is 4.95. The van der Waals surface area contributed by atoms with Crippen molar-refractivity contribution in [2.75, 3.05) is 7.11 Å². The number of benzene rings is 1. The molecule has 5 heteroatoms. The summed E-state index contributed by atoms with van der Waals surface area (Å²) in [7, 11) is 1.46. The van der Waals surface area contributed by atoms with Crippen LogP contribution in [0.4, 0.5) is 0 Å². The van der Waals surface area contributed by atoms with Crippen LogP contribution in [0, 0.1) is 0 Å². The van der Waals surface area contributed by atoms with Crippen molar-refractivity contribution in [1.82, 2.24) is 0 Å². The van der Waals surface area contributed by atoms with E-state index >= 15 is 0 Å². The summed E-state index contributed by atoms with van der Waals surface area (Å²) in [5.74, 6) is -0.557. The molecule has 84 valence electrons. The van der Waals surface area contributed by atoms with Gasteiger partial charge in [-0.05, 0) is 12.1 Å². The smallest absolute Gasteiger partial charge is 0.307 e. The quantitative estimate of drug-likeness (QED) is 0.896. The molecule has 0 atom stereocenters. The molecule has 0 aliphatic heterocycles. The number of halogens is 1. The minimum absolute atomic E-state index is 0.153. The molecular formula is C11H9ClO4. The number of rotatable bonds is 3. The van der Waals surface area contributed by atoms with Gasteiger partial charge in [-0.2, -0.15) is 0 Å². The summed E-state index contributed by atoms with van der Waals surface area (Å²) in [6, 6.07) is 3.35. The predicted molar refractivity (Wildman–Crippen MR) is 59.1 cm³/mol. The molecule has 0 saturated carbocycles. The monoisotopic (exact) mass is 240 g/mol. The Kier molecular flexibility index (Phi) is 2.75. The van der Waals surface area contributed by atoms with E-state index in [0.717, 1.165) is 0 Å². The van der Waals surface area contributed by atoms with Crippen LogP contribution in [-0.4, -0.2) is 18.2 Å². The highest BCUT2D eigenvalue weighted by Crippen LogP contribution is 2.37. The lowest BCUT2D eigenvalue weighted by Crippen LogP contribution is -2.02. The molecule has 0 radical (unpaired) electrons. The summed E-state index contributed by atoms with van der Waals surface area (Å²) >= 11 is 6.09. The van der Waals surface area contributed by atoms with Crippen molar-refractivity contribution in [2.24, 2.45) is 0 Å². The Morgan fingerprint density at radius 1 is 1.62 bits per heavy atom. The third-order valence-electron chi connectivity index (χ3n) is 2.27. The second-order valence-electron chi connectivity index (χ2n) is 3.29. The molecule has 4 nitrogen and oxygen atoms in total. The highest BCUT2D eigenvalue weighted by atomic mass is 35.5. The Morgan fingerprint density at radius 3 is 3.00 bits per heavy atom. The largest absolute Gasteiger partial charge is 0.495 e. The Bertz CT molecular complexity index is 544. The number of carboxylic acid groups (broad SMARTS) is 1. The molecule has 0 bridgehead atoms. The van der Waals surface area contributed by atoms with Crippen molar-refractivity contribution in [1.29, 1.82) is 0 Å². The van der Waals surface area contributed by atoms with Crippen LogP contribution in [-0.2, 0) is 11.2 Å². The van der Waals surface area contributed by atoms with E-state index in [4.69, 9.17) is 25.9 Å². The Morgan fingerprint density at radius 2 is 2.38 bits per heavy atom. The molecule has 16 heavy (non-hydrogen) atoms. The topological polar surface area (TPSA) is 59.7 Å². The maximum Gasteiger partial charge on any atom is 0.307 e. The summed E-state index contributed by atoms with van der Waals surface area (Å²) < 4.78 is 10.3. The zero-order valence-electron chi connectivity index (χ0n) is 8.49. The van der Waals surface area contributed by atoms with Gasteiger partial charge in [-0.15, -0.1) is 0 Å². The number of furan rings is 1. The molecular weight excluding hydrogens is 232 g/mol. The lowest BCUT2D eigenvalue weighted by molar-refractivity contribution is -0.136. The van der Waals surface area contributed by atoms with Gasteiger partial charge in [0.2, 0.25) is 0 Å². The molecule has 0 aliphatic rings. The minimum Gasteiger partial charge on any atom is -0.495 e. The zero-order valence-corrected chi connectivity index (χ0v) is 9.25. The van der Waals surface area contributed by atoms with Gasteiger partial charge in [-0.3, -0.25) is 4.79 Å². The first-order chi connectivity index (χ1) is 7.63. The molecule has 1 aromatic heterocycles. The van der Waals surface area contributed by atoms with Gasteiger partial charge in [0, 0.05) is 10.9 Å². The summed E-state index contributed by atoms with van der Waals surface area (Å²) in [5.41, 5.74) is 1.06. The van der Waals surface area contributed by atoms with E-state index < -0.39 is 5.97 Å². The van der Waals surface area contributed by atoms with Gasteiger partial charge in [0.05, 0.1) is 24.8 Å². The molecule has 1 aromatic carbocycles. The second kappa shape index (κ2) is 4.06. The Balaban J connectivity index is 2.66. The molecule has 2 rings (SSSR count). The van der Waals surface area contributed by atoms with Gasteiger partial charge in [0.25, 0.3) is 0 Å². The fraction of sp³-hybridized carbons (Fsp3) is 0.182. The van der Waals surface area contributed by atoms with Crippen molar-refractivity contribution < 1.29 is 19.1 Å². The Hall–Kier alpha value is -1.68. The van der Waals surface area contributed by atoms with E-state index in [1.807, 2.05) is 0 Å². The molecule has 1 N–H and O–H groups in total. The van der Waals surface area contributed by atoms with E-state index in [2.05, 4.69) is 0 Å². The number of carboxylic acids is 1. The maximum atomic E-state index is 10.7. The molecule has 0 amide bonds. The van der Waals surface area contributed by atoms with Crippen molar-refractivity contribution in [2.45, 2.75) is 6.42 Å². The number of fused-ring (bicyclic) bond motifs is 1. The van der Waals surface area contributed by atoms with E-state index in [0.29, 0.717) is 27.3 Å². The highest BCUT2D eigenvalue weighted by molar-refractivity contribution is 6.37. The second-order valence-corrected chi connectivity index (χ2v) is 3.66. The fourth-order valence-corrected chi connectivity index (χ4v) is 1.97. The standard InChI is InChI=1S/C11H9ClO4/c1-15-11-6(5-9(13)14)4-8-7(10(11)12)2-3-16-8/h2-4H,5H2,1H3,(H,13,14). The van der Waals surface area contributed by atoms with Crippen molar-refractivity contribution >= 4 is 28.5 Å². The number of hydrogen-bond acceptors (Lipinski definition) is 3. The molecule has 2 aromatic rings. The summed E-state index contributed by atoms with van der Waals surface area (Å²) in [5, 5.41) is 9.87. The Labute approximate surface area is 96.4 Å². The third-order valence-corrected chi connectivity index (χ3v) is 2.65. The number of aliphatic carboxylic acids is 1. The van der Waals surface area contributed by atoms with Crippen LogP contribution < -0.4 is 4.74 Å². The molecule has 0 unspecified atom stereocenters. The molecule has 0 fully saturated rings. The first-order valence-electron chi connectivity index (χ1n) is 4.58. The van der Waals surface area contributed by atoms with Crippen LogP contribution in [0.25, 0.3) is 11.0 Å². The zero-order chi connectivity index (χ0) is 11.7. The van der Waals surface area contributed by atoms with Crippen LogP contribution in [0.1, 0.15) is 5.56 Å². The van der Waals surface area contributed by atoms with Gasteiger partial charge in [-0.25, -0.2) is 0 Å². The van der Waals surface area contributed by atoms with E-state index in [1.54, 1.807) is 12.1 Å². The molecule has 1 heterocycles. The number of carbonyl (C=O) groups is 1. The van der Waals surface area contributed by atoms with E-state index in [9.17, 15) is 4.79 Å². The van der Waals surface area contributed by atoms with Gasteiger partial charge in [-0.1, -0.05) is 11.6 Å². The van der Waals surface area contributed by atoms with Crippen LogP contribution in [0.2, 0.25) is 5.02 Å².